The van der Waals surface area contributed by atoms with Gasteiger partial charge < -0.3 is 5.11 Å². The number of alkyl halides is 3. The Labute approximate surface area is 120 Å². The molecule has 0 bridgehead atoms. The van der Waals surface area contributed by atoms with Crippen molar-refractivity contribution in [1.82, 2.24) is 0 Å². The zero-order valence-electron chi connectivity index (χ0n) is 9.17. The molecule has 2 rings (SSSR count). The van der Waals surface area contributed by atoms with E-state index in [0.717, 1.165) is 0 Å². The van der Waals surface area contributed by atoms with Gasteiger partial charge in [-0.15, -0.1) is 11.8 Å². The van der Waals surface area contributed by atoms with E-state index in [9.17, 15) is 18.0 Å². The van der Waals surface area contributed by atoms with Gasteiger partial charge in [-0.25, -0.2) is 0 Å². The Morgan fingerprint density at radius 3 is 2.42 bits per heavy atom. The van der Waals surface area contributed by atoms with Crippen LogP contribution < -0.4 is 0 Å². The number of benzene rings is 1. The van der Waals surface area contributed by atoms with Crippen LogP contribution in [-0.2, 0) is 11.2 Å². The van der Waals surface area contributed by atoms with Crippen LogP contribution in [0.1, 0.15) is 5.56 Å². The Bertz CT molecular complexity index is 533. The van der Waals surface area contributed by atoms with Crippen LogP contribution in [0.2, 0.25) is 10.0 Å². The van der Waals surface area contributed by atoms with Crippen LogP contribution in [0.5, 0.6) is 0 Å². The number of aliphatic carboxylic acids is 1. The third-order valence-electron chi connectivity index (χ3n) is 2.80. The minimum atomic E-state index is -4.59. The lowest BCUT2D eigenvalue weighted by atomic mass is 9.94. The third kappa shape index (κ3) is 2.95. The van der Waals surface area contributed by atoms with Crippen molar-refractivity contribution in [2.45, 2.75) is 22.7 Å². The van der Waals surface area contributed by atoms with Gasteiger partial charge in [0.05, 0.1) is 16.0 Å². The van der Waals surface area contributed by atoms with E-state index < -0.39 is 23.3 Å². The first-order chi connectivity index (χ1) is 8.70. The molecule has 0 amide bonds. The first-order valence-corrected chi connectivity index (χ1v) is 6.78. The van der Waals surface area contributed by atoms with E-state index in [4.69, 9.17) is 28.3 Å². The highest BCUT2D eigenvalue weighted by Gasteiger charge is 2.50. The number of thioether (sulfide) groups is 1. The van der Waals surface area contributed by atoms with E-state index in [1.54, 1.807) is 0 Å². The lowest BCUT2D eigenvalue weighted by molar-refractivity contribution is -0.160. The van der Waals surface area contributed by atoms with Crippen LogP contribution >= 0.6 is 35.0 Å². The Balaban J connectivity index is 2.45. The van der Waals surface area contributed by atoms with Crippen LogP contribution in [-0.4, -0.2) is 22.5 Å². The van der Waals surface area contributed by atoms with Crippen molar-refractivity contribution in [3.8, 4) is 0 Å². The molecule has 0 saturated carbocycles. The first-order valence-electron chi connectivity index (χ1n) is 5.14. The van der Waals surface area contributed by atoms with Gasteiger partial charge in [0.25, 0.3) is 0 Å². The van der Waals surface area contributed by atoms with Crippen molar-refractivity contribution < 1.29 is 23.1 Å². The number of rotatable bonds is 1. The number of hydrogen-bond acceptors (Lipinski definition) is 2. The molecule has 0 aromatic heterocycles. The Morgan fingerprint density at radius 1 is 1.32 bits per heavy atom. The topological polar surface area (TPSA) is 37.3 Å². The zero-order chi connectivity index (χ0) is 14.4. The summed E-state index contributed by atoms with van der Waals surface area (Å²) in [5, 5.41) is 7.33. The standard InChI is InChI=1S/C11H7Cl2F3O2S/c12-6-2-4-1-5(10(17)18)9(11(14,15)16)19-8(4)3-7(6)13/h2-3,5,9H,1H2,(H,17,18)/t5-,9-/m0/s1. The van der Waals surface area contributed by atoms with Gasteiger partial charge in [0, 0.05) is 4.90 Å². The van der Waals surface area contributed by atoms with Crippen LogP contribution in [0, 0.1) is 5.92 Å². The Kier molecular flexibility index (Phi) is 3.95. The maximum absolute atomic E-state index is 12.9. The fourth-order valence-electron chi connectivity index (χ4n) is 1.91. The monoisotopic (exact) mass is 330 g/mol. The molecule has 1 heterocycles. The maximum Gasteiger partial charge on any atom is 0.401 e. The van der Waals surface area contributed by atoms with Crippen molar-refractivity contribution in [2.24, 2.45) is 5.92 Å². The van der Waals surface area contributed by atoms with Gasteiger partial charge in [-0.3, -0.25) is 4.79 Å². The van der Waals surface area contributed by atoms with Gasteiger partial charge in [0.15, 0.2) is 0 Å². The summed E-state index contributed by atoms with van der Waals surface area (Å²) in [6.45, 7) is 0. The van der Waals surface area contributed by atoms with E-state index in [1.807, 2.05) is 0 Å². The molecule has 0 saturated heterocycles. The van der Waals surface area contributed by atoms with E-state index in [1.165, 1.54) is 12.1 Å². The second kappa shape index (κ2) is 5.07. The van der Waals surface area contributed by atoms with Gasteiger partial charge in [-0.1, -0.05) is 23.2 Å². The lowest BCUT2D eigenvalue weighted by Gasteiger charge is -2.31. The second-order valence-electron chi connectivity index (χ2n) is 4.10. The quantitative estimate of drug-likeness (QED) is 0.835. The average molecular weight is 331 g/mol. The fourth-order valence-corrected chi connectivity index (χ4v) is 3.59. The summed E-state index contributed by atoms with van der Waals surface area (Å²) in [7, 11) is 0. The van der Waals surface area contributed by atoms with Crippen LogP contribution in [0.4, 0.5) is 13.2 Å². The molecule has 2 atom stereocenters. The average Bonchev–Trinajstić information content (AvgIpc) is 2.27. The molecule has 2 nitrogen and oxygen atoms in total. The number of halogens is 5. The van der Waals surface area contributed by atoms with Crippen LogP contribution in [0.25, 0.3) is 0 Å². The zero-order valence-corrected chi connectivity index (χ0v) is 11.5. The van der Waals surface area contributed by atoms with Crippen LogP contribution in [0.15, 0.2) is 17.0 Å². The summed E-state index contributed by atoms with van der Waals surface area (Å²) < 4.78 is 38.6. The highest BCUT2D eigenvalue weighted by molar-refractivity contribution is 8.00. The first kappa shape index (κ1) is 14.8. The fraction of sp³-hybridized carbons (Fsp3) is 0.364. The number of carboxylic acid groups (broad SMARTS) is 1. The smallest absolute Gasteiger partial charge is 0.401 e. The van der Waals surface area contributed by atoms with Gasteiger partial charge in [-0.2, -0.15) is 13.2 Å². The number of carboxylic acids is 1. The third-order valence-corrected chi connectivity index (χ3v) is 5.01. The van der Waals surface area contributed by atoms with Gasteiger partial charge in [0.2, 0.25) is 0 Å². The van der Waals surface area contributed by atoms with Crippen molar-refractivity contribution in [2.75, 3.05) is 0 Å². The summed E-state index contributed by atoms with van der Waals surface area (Å²) in [6.07, 6.45) is -4.80. The summed E-state index contributed by atoms with van der Waals surface area (Å²) in [5.41, 5.74) is 0.479. The van der Waals surface area contributed by atoms with Gasteiger partial charge in [-0.05, 0) is 24.1 Å². The molecule has 1 aliphatic rings. The highest BCUT2D eigenvalue weighted by atomic mass is 35.5. The molecule has 1 aromatic carbocycles. The number of fused-ring (bicyclic) bond motifs is 1. The lowest BCUT2D eigenvalue weighted by Crippen LogP contribution is -2.41. The SMILES string of the molecule is O=C(O)[C@H]1Cc2cc(Cl)c(Cl)cc2S[C@@H]1C(F)(F)F. The maximum atomic E-state index is 12.9. The summed E-state index contributed by atoms with van der Waals surface area (Å²) in [5.74, 6) is -2.98. The molecule has 0 unspecified atom stereocenters. The second-order valence-corrected chi connectivity index (χ2v) is 6.10. The van der Waals surface area contributed by atoms with Crippen molar-refractivity contribution in [3.05, 3.63) is 27.7 Å². The Hall–Kier alpha value is -0.590. The van der Waals surface area contributed by atoms with E-state index in [-0.39, 0.29) is 16.5 Å². The van der Waals surface area contributed by atoms with Crippen molar-refractivity contribution >= 4 is 40.9 Å². The van der Waals surface area contributed by atoms with E-state index in [2.05, 4.69) is 0 Å². The summed E-state index contributed by atoms with van der Waals surface area (Å²) >= 11 is 12.0. The number of carbonyl (C=O) groups is 1. The molecular formula is C11H7Cl2F3O2S. The minimum Gasteiger partial charge on any atom is -0.481 e. The predicted octanol–water partition coefficient (Wildman–Crippen LogP) is 4.27. The Morgan fingerprint density at radius 2 is 1.89 bits per heavy atom. The normalized spacial score (nSPS) is 23.0. The van der Waals surface area contributed by atoms with Crippen LogP contribution in [0.3, 0.4) is 0 Å². The van der Waals surface area contributed by atoms with Crippen molar-refractivity contribution in [3.63, 3.8) is 0 Å². The molecule has 1 N–H and O–H groups in total. The molecule has 0 spiro atoms. The predicted molar refractivity (Wildman–Crippen MR) is 67.0 cm³/mol. The molecule has 0 radical (unpaired) electrons. The summed E-state index contributed by atoms with van der Waals surface area (Å²) in [6, 6.07) is 2.77. The molecule has 0 fully saturated rings. The number of hydrogen-bond donors (Lipinski definition) is 1. The molecule has 19 heavy (non-hydrogen) atoms. The molecule has 8 heteroatoms. The van der Waals surface area contributed by atoms with Gasteiger partial charge in [0.1, 0.15) is 5.25 Å². The van der Waals surface area contributed by atoms with Gasteiger partial charge >= 0.3 is 12.1 Å². The largest absolute Gasteiger partial charge is 0.481 e. The molecular weight excluding hydrogens is 324 g/mol. The molecule has 1 aliphatic heterocycles. The highest BCUT2D eigenvalue weighted by Crippen LogP contribution is 2.47. The molecule has 0 aliphatic carbocycles. The van der Waals surface area contributed by atoms with Crippen molar-refractivity contribution in [1.29, 1.82) is 0 Å². The minimum absolute atomic E-state index is 0.155. The van der Waals surface area contributed by atoms with E-state index in [0.29, 0.717) is 22.2 Å². The molecule has 104 valence electrons. The summed E-state index contributed by atoms with van der Waals surface area (Å²) in [4.78, 5) is 11.3. The van der Waals surface area contributed by atoms with E-state index >= 15 is 0 Å². The molecule has 1 aromatic rings.